The molecule has 0 aliphatic carbocycles. The standard InChI is InChI=1S/C45H52FN7O5S/c1-6-59(56,48-5)37-10-8-35(9-11-37)51-18-19-52(45(51)55)43(49-34-23-28(2)42(46)29(3)24-34)41-30(4)50(17-13-38(41)47)44(54)40-26-33-25-32(31-14-20-57-21-15-31)7-12-39(33)53(40)27-36-16-22-58-36/h7-12,18-19,23-26,30-31,36H,6,13-17,20-22,27,47H2,1-5H3/t30-,36+,59-/m0/s1. The number of aliphatic imine (C=N–C) groups is 1. The molecule has 5 heterocycles. The third-order valence-electron chi connectivity index (χ3n) is 12.2. The summed E-state index contributed by atoms with van der Waals surface area (Å²) in [5.41, 5.74) is 12.1. The summed E-state index contributed by atoms with van der Waals surface area (Å²) < 4.78 is 48.7. The molecule has 12 nitrogen and oxygen atoms in total. The Morgan fingerprint density at radius 3 is 2.34 bits per heavy atom. The molecular weight excluding hydrogens is 770 g/mol. The van der Waals surface area contributed by atoms with Gasteiger partial charge in [0.05, 0.1) is 33.2 Å². The molecule has 2 N–H and O–H groups in total. The monoisotopic (exact) mass is 821 g/mol. The van der Waals surface area contributed by atoms with E-state index in [0.29, 0.717) is 82.1 Å². The number of halogens is 1. The van der Waals surface area contributed by atoms with Gasteiger partial charge in [0.25, 0.3) is 5.91 Å². The smallest absolute Gasteiger partial charge is 0.338 e. The van der Waals surface area contributed by atoms with E-state index in [9.17, 15) is 18.2 Å². The number of nitrogens with zero attached hydrogens (tertiary/aromatic N) is 6. The third kappa shape index (κ3) is 7.57. The lowest BCUT2D eigenvalue weighted by atomic mass is 9.91. The number of hydrogen-bond acceptors (Lipinski definition) is 8. The van der Waals surface area contributed by atoms with Crippen molar-refractivity contribution in [1.82, 2.24) is 18.6 Å². The summed E-state index contributed by atoms with van der Waals surface area (Å²) in [7, 11) is -1.02. The lowest BCUT2D eigenvalue weighted by molar-refractivity contribution is -0.0588. The van der Waals surface area contributed by atoms with Crippen LogP contribution in [0, 0.1) is 19.7 Å². The quantitative estimate of drug-likeness (QED) is 0.123. The van der Waals surface area contributed by atoms with Crippen molar-refractivity contribution in [2.45, 2.75) is 82.9 Å². The lowest BCUT2D eigenvalue weighted by Gasteiger charge is -2.37. The number of benzene rings is 3. The van der Waals surface area contributed by atoms with Crippen LogP contribution in [0.5, 0.6) is 0 Å². The van der Waals surface area contributed by atoms with Crippen LogP contribution in [0.4, 0.5) is 10.1 Å². The van der Waals surface area contributed by atoms with Crippen molar-refractivity contribution >= 4 is 38.1 Å². The molecule has 0 spiro atoms. The van der Waals surface area contributed by atoms with Crippen LogP contribution in [0.25, 0.3) is 16.6 Å². The van der Waals surface area contributed by atoms with E-state index in [2.05, 4.69) is 27.1 Å². The predicted molar refractivity (Wildman–Crippen MR) is 229 cm³/mol. The highest BCUT2D eigenvalue weighted by Crippen LogP contribution is 2.34. The van der Waals surface area contributed by atoms with Crippen LogP contribution in [-0.4, -0.2) is 85.9 Å². The van der Waals surface area contributed by atoms with E-state index in [1.165, 1.54) is 14.7 Å². The minimum Gasteiger partial charge on any atom is -0.402 e. The summed E-state index contributed by atoms with van der Waals surface area (Å²) in [4.78, 5) is 36.8. The van der Waals surface area contributed by atoms with E-state index in [0.717, 1.165) is 43.4 Å². The predicted octanol–water partition coefficient (Wildman–Crippen LogP) is 7.23. The molecule has 3 aromatic carbocycles. The molecular formula is C45H52FN7O5S. The van der Waals surface area contributed by atoms with Crippen molar-refractivity contribution in [3.05, 3.63) is 123 Å². The fraction of sp³-hybridized carbons (Fsp3) is 0.400. The van der Waals surface area contributed by atoms with Crippen molar-refractivity contribution in [2.24, 2.45) is 15.1 Å². The zero-order valence-corrected chi connectivity index (χ0v) is 35.1. The van der Waals surface area contributed by atoms with Crippen LogP contribution in [0.15, 0.2) is 103 Å². The molecule has 1 amide bonds. The Morgan fingerprint density at radius 2 is 1.69 bits per heavy atom. The lowest BCUT2D eigenvalue weighted by Crippen LogP contribution is -2.48. The minimum absolute atomic E-state index is 0.0167. The van der Waals surface area contributed by atoms with Gasteiger partial charge in [0.1, 0.15) is 17.3 Å². The SMILES string of the molecule is CC[S@@](=O)(=NC)c1ccc(-n2ccn(C(=Nc3cc(C)c(F)c(C)c3)C3=C(N)CCN(C(=O)c4cc5cc(C6CCOCC6)ccc5n4C[C@H]4CCO4)[C@H]3C)c2=O)cc1. The van der Waals surface area contributed by atoms with Crippen molar-refractivity contribution in [1.29, 1.82) is 0 Å². The summed E-state index contributed by atoms with van der Waals surface area (Å²) in [6, 6.07) is 18.1. The topological polar surface area (TPSA) is 138 Å². The molecule has 3 atom stereocenters. The summed E-state index contributed by atoms with van der Waals surface area (Å²) in [5.74, 6) is 0.519. The molecule has 310 valence electrons. The molecule has 0 radical (unpaired) electrons. The summed E-state index contributed by atoms with van der Waals surface area (Å²) in [5, 5.41) is 1.00. The Bertz CT molecular complexity index is 2650. The maximum absolute atomic E-state index is 15.0. The first-order valence-corrected chi connectivity index (χ1v) is 22.1. The van der Waals surface area contributed by atoms with Gasteiger partial charge in [-0.05, 0) is 117 Å². The fourth-order valence-electron chi connectivity index (χ4n) is 8.64. The van der Waals surface area contributed by atoms with E-state index >= 15 is 0 Å². The molecule has 0 unspecified atom stereocenters. The highest BCUT2D eigenvalue weighted by molar-refractivity contribution is 7.93. The molecule has 59 heavy (non-hydrogen) atoms. The van der Waals surface area contributed by atoms with E-state index in [1.54, 1.807) is 74.6 Å². The number of carbonyl (C=O) groups excluding carboxylic acids is 1. The van der Waals surface area contributed by atoms with Gasteiger partial charge < -0.3 is 24.7 Å². The van der Waals surface area contributed by atoms with Crippen LogP contribution >= 0.6 is 0 Å². The van der Waals surface area contributed by atoms with Gasteiger partial charge in [-0.1, -0.05) is 13.0 Å². The van der Waals surface area contributed by atoms with E-state index in [1.807, 2.05) is 19.9 Å². The van der Waals surface area contributed by atoms with Crippen LogP contribution in [0.2, 0.25) is 0 Å². The minimum atomic E-state index is -2.56. The van der Waals surface area contributed by atoms with Gasteiger partial charge in [0, 0.05) is 91.6 Å². The number of nitrogens with two attached hydrogens (primary N) is 1. The Balaban J connectivity index is 1.20. The first kappa shape index (κ1) is 40.5. The zero-order chi connectivity index (χ0) is 41.6. The van der Waals surface area contributed by atoms with Gasteiger partial charge in [0.15, 0.2) is 0 Å². The van der Waals surface area contributed by atoms with Crippen LogP contribution in [0.3, 0.4) is 0 Å². The summed E-state index contributed by atoms with van der Waals surface area (Å²) in [6.07, 6.45) is 6.48. The number of aryl methyl sites for hydroxylation is 2. The average Bonchev–Trinajstić information content (AvgIpc) is 3.80. The molecule has 14 heteroatoms. The fourth-order valence-corrected chi connectivity index (χ4v) is 10.0. The number of hydrogen-bond donors (Lipinski definition) is 1. The first-order valence-electron chi connectivity index (χ1n) is 20.4. The number of ether oxygens (including phenoxy) is 2. The van der Waals surface area contributed by atoms with Crippen LogP contribution < -0.4 is 11.4 Å². The molecule has 3 aliphatic heterocycles. The molecule has 2 aromatic heterocycles. The zero-order valence-electron chi connectivity index (χ0n) is 34.3. The number of imidazole rings is 1. The van der Waals surface area contributed by atoms with Gasteiger partial charge in [-0.25, -0.2) is 22.7 Å². The Hall–Kier alpha value is -5.31. The van der Waals surface area contributed by atoms with E-state index in [4.69, 9.17) is 20.2 Å². The molecule has 5 aromatic rings. The summed E-state index contributed by atoms with van der Waals surface area (Å²) in [6.45, 7) is 10.2. The first-order chi connectivity index (χ1) is 28.4. The number of rotatable bonds is 9. The van der Waals surface area contributed by atoms with Crippen molar-refractivity contribution in [3.8, 4) is 5.69 Å². The normalized spacial score (nSPS) is 20.2. The van der Waals surface area contributed by atoms with Gasteiger partial charge in [0.2, 0.25) is 0 Å². The number of amides is 1. The largest absolute Gasteiger partial charge is 0.402 e. The summed E-state index contributed by atoms with van der Waals surface area (Å²) >= 11 is 0. The van der Waals surface area contributed by atoms with E-state index < -0.39 is 21.5 Å². The Labute approximate surface area is 344 Å². The molecule has 8 rings (SSSR count). The maximum Gasteiger partial charge on any atom is 0.338 e. The number of carbonyl (C=O) groups is 1. The van der Waals surface area contributed by atoms with Gasteiger partial charge >= 0.3 is 5.69 Å². The van der Waals surface area contributed by atoms with Gasteiger partial charge in [-0.15, -0.1) is 0 Å². The molecule has 0 saturated carbocycles. The Kier molecular flexibility index (Phi) is 11.2. The molecule has 3 aliphatic rings. The van der Waals surface area contributed by atoms with Crippen LogP contribution in [-0.2, 0) is 25.7 Å². The highest BCUT2D eigenvalue weighted by atomic mass is 32.2. The second kappa shape index (κ2) is 16.4. The average molecular weight is 822 g/mol. The van der Waals surface area contributed by atoms with E-state index in [-0.39, 0.29) is 23.7 Å². The molecule has 2 saturated heterocycles. The molecule has 2 fully saturated rings. The van der Waals surface area contributed by atoms with Gasteiger partial charge in [-0.2, -0.15) is 0 Å². The molecule has 0 bridgehead atoms. The van der Waals surface area contributed by atoms with Crippen molar-refractivity contribution in [3.63, 3.8) is 0 Å². The van der Waals surface area contributed by atoms with Crippen molar-refractivity contribution < 1.29 is 22.9 Å². The second-order valence-corrected chi connectivity index (χ2v) is 18.4. The Morgan fingerprint density at radius 1 is 0.983 bits per heavy atom. The number of aromatic nitrogens is 3. The van der Waals surface area contributed by atoms with Crippen molar-refractivity contribution in [2.75, 3.05) is 39.2 Å². The maximum atomic E-state index is 15.0. The van der Waals surface area contributed by atoms with Gasteiger partial charge in [-0.3, -0.25) is 13.9 Å². The third-order valence-corrected chi connectivity index (χ3v) is 14.6. The highest BCUT2D eigenvalue weighted by Gasteiger charge is 2.36. The second-order valence-electron chi connectivity index (χ2n) is 15.7. The van der Waals surface area contributed by atoms with Crippen LogP contribution in [0.1, 0.15) is 72.6 Å². The number of fused-ring (bicyclic) bond motifs is 1.